The highest BCUT2D eigenvalue weighted by Gasteiger charge is 2.13. The summed E-state index contributed by atoms with van der Waals surface area (Å²) in [6.45, 7) is 1.40. The van der Waals surface area contributed by atoms with Crippen LogP contribution in [-0.4, -0.2) is 38.4 Å². The average Bonchev–Trinajstić information content (AvgIpc) is 2.37. The molecule has 0 aliphatic heterocycles. The lowest BCUT2D eigenvalue weighted by Gasteiger charge is -2.15. The van der Waals surface area contributed by atoms with E-state index in [9.17, 15) is 14.5 Å². The van der Waals surface area contributed by atoms with Gasteiger partial charge in [-0.25, -0.2) is 0 Å². The zero-order chi connectivity index (χ0) is 14.3. The van der Waals surface area contributed by atoms with Crippen molar-refractivity contribution in [3.8, 4) is 0 Å². The zero-order valence-electron chi connectivity index (χ0n) is 10.9. The number of nitrogens with zero attached hydrogens (tertiary/aromatic N) is 1. The molecule has 7 heteroatoms. The summed E-state index contributed by atoms with van der Waals surface area (Å²) in [5.41, 5.74) is 0.119. The summed E-state index contributed by atoms with van der Waals surface area (Å²) in [5.74, 6) is -0.829. The molecule has 0 bridgehead atoms. The fraction of sp³-hybridized carbons (Fsp3) is 0.500. The van der Waals surface area contributed by atoms with E-state index in [1.165, 1.54) is 6.07 Å². The Kier molecular flexibility index (Phi) is 6.34. The maximum Gasteiger partial charge on any atom is 0.304 e. The third kappa shape index (κ3) is 4.90. The summed E-state index contributed by atoms with van der Waals surface area (Å²) in [7, 11) is 3.16. The van der Waals surface area contributed by atoms with Gasteiger partial charge in [0.1, 0.15) is 0 Å². The van der Waals surface area contributed by atoms with E-state index in [2.05, 4.69) is 5.32 Å². The number of nitro benzene ring substituents is 1. The van der Waals surface area contributed by atoms with Gasteiger partial charge in [0.25, 0.3) is 0 Å². The maximum absolute atomic E-state index is 13.4. The van der Waals surface area contributed by atoms with Crippen LogP contribution in [0, 0.1) is 15.9 Å². The minimum atomic E-state index is -0.829. The van der Waals surface area contributed by atoms with Crippen LogP contribution < -0.4 is 5.32 Å². The second kappa shape index (κ2) is 7.78. The lowest BCUT2D eigenvalue weighted by molar-refractivity contribution is -0.387. The van der Waals surface area contributed by atoms with Gasteiger partial charge in [0.05, 0.1) is 17.6 Å². The Hall–Kier alpha value is -1.57. The number of nitro groups is 1. The van der Waals surface area contributed by atoms with Crippen molar-refractivity contribution in [2.45, 2.75) is 12.6 Å². The molecule has 1 unspecified atom stereocenters. The molecular weight excluding hydrogens is 255 g/mol. The Bertz CT molecular complexity index is 428. The molecule has 1 aromatic carbocycles. The third-order valence-electron chi connectivity index (χ3n) is 2.60. The average molecular weight is 272 g/mol. The van der Waals surface area contributed by atoms with Crippen LogP contribution in [0.25, 0.3) is 0 Å². The Labute approximate surface area is 110 Å². The quantitative estimate of drug-likeness (QED) is 0.573. The number of hydrogen-bond donors (Lipinski definition) is 1. The van der Waals surface area contributed by atoms with Crippen LogP contribution in [-0.2, 0) is 16.0 Å². The largest absolute Gasteiger partial charge is 0.382 e. The van der Waals surface area contributed by atoms with Crippen LogP contribution in [0.1, 0.15) is 5.56 Å². The maximum atomic E-state index is 13.4. The number of rotatable bonds is 8. The van der Waals surface area contributed by atoms with Gasteiger partial charge in [0, 0.05) is 33.4 Å². The highest BCUT2D eigenvalue weighted by molar-refractivity contribution is 5.34. The van der Waals surface area contributed by atoms with Crippen molar-refractivity contribution < 1.29 is 18.8 Å². The molecule has 0 aromatic heterocycles. The summed E-state index contributed by atoms with van der Waals surface area (Å²) < 4.78 is 23.5. The molecule has 0 aliphatic rings. The van der Waals surface area contributed by atoms with Crippen LogP contribution in [0.5, 0.6) is 0 Å². The van der Waals surface area contributed by atoms with Crippen molar-refractivity contribution >= 4 is 5.69 Å². The van der Waals surface area contributed by atoms with Gasteiger partial charge in [-0.1, -0.05) is 6.07 Å². The second-order valence-electron chi connectivity index (χ2n) is 3.99. The minimum Gasteiger partial charge on any atom is -0.382 e. The van der Waals surface area contributed by atoms with Gasteiger partial charge in [-0.05, 0) is 11.6 Å². The molecule has 1 aromatic rings. The Balaban J connectivity index is 2.50. The van der Waals surface area contributed by atoms with E-state index >= 15 is 0 Å². The Morgan fingerprint density at radius 2 is 2.21 bits per heavy atom. The first-order valence-corrected chi connectivity index (χ1v) is 5.73. The number of ether oxygens (including phenoxy) is 2. The van der Waals surface area contributed by atoms with Gasteiger partial charge in [0.2, 0.25) is 5.82 Å². The SMILES string of the molecule is COCC(CNCc1ccc([N+](=O)[O-])c(F)c1)OC. The van der Waals surface area contributed by atoms with E-state index < -0.39 is 16.4 Å². The fourth-order valence-corrected chi connectivity index (χ4v) is 1.58. The van der Waals surface area contributed by atoms with Gasteiger partial charge in [-0.3, -0.25) is 10.1 Å². The number of nitrogens with one attached hydrogen (secondary N) is 1. The van der Waals surface area contributed by atoms with Crippen LogP contribution >= 0.6 is 0 Å². The van der Waals surface area contributed by atoms with Gasteiger partial charge in [0.15, 0.2) is 0 Å². The van der Waals surface area contributed by atoms with E-state index in [4.69, 9.17) is 9.47 Å². The first-order valence-electron chi connectivity index (χ1n) is 5.73. The summed E-state index contributed by atoms with van der Waals surface area (Å²) in [6, 6.07) is 3.84. The Morgan fingerprint density at radius 3 is 2.74 bits per heavy atom. The number of halogens is 1. The molecule has 1 N–H and O–H groups in total. The molecular formula is C12H17FN2O4. The fourth-order valence-electron chi connectivity index (χ4n) is 1.58. The van der Waals surface area contributed by atoms with Crippen LogP contribution in [0.3, 0.4) is 0 Å². The van der Waals surface area contributed by atoms with Crippen molar-refractivity contribution in [1.29, 1.82) is 0 Å². The van der Waals surface area contributed by atoms with Crippen molar-refractivity contribution in [3.63, 3.8) is 0 Å². The molecule has 6 nitrogen and oxygen atoms in total. The number of methoxy groups -OCH3 is 2. The normalized spacial score (nSPS) is 12.4. The monoisotopic (exact) mass is 272 g/mol. The van der Waals surface area contributed by atoms with Crippen molar-refractivity contribution in [2.75, 3.05) is 27.4 Å². The number of hydrogen-bond acceptors (Lipinski definition) is 5. The molecule has 0 fully saturated rings. The van der Waals surface area contributed by atoms with Gasteiger partial charge < -0.3 is 14.8 Å². The molecule has 19 heavy (non-hydrogen) atoms. The van der Waals surface area contributed by atoms with E-state index in [0.29, 0.717) is 25.3 Å². The standard InChI is InChI=1S/C12H17FN2O4/c1-18-8-10(19-2)7-14-6-9-3-4-12(15(16)17)11(13)5-9/h3-5,10,14H,6-8H2,1-2H3. The second-order valence-corrected chi connectivity index (χ2v) is 3.99. The molecule has 1 rings (SSSR count). The highest BCUT2D eigenvalue weighted by atomic mass is 19.1. The summed E-state index contributed by atoms with van der Waals surface area (Å²) in [4.78, 5) is 9.72. The van der Waals surface area contributed by atoms with Gasteiger partial charge in [-0.15, -0.1) is 0 Å². The molecule has 0 saturated carbocycles. The first kappa shape index (κ1) is 15.5. The highest BCUT2D eigenvalue weighted by Crippen LogP contribution is 2.17. The molecule has 0 amide bonds. The summed E-state index contributed by atoms with van der Waals surface area (Å²) >= 11 is 0. The lowest BCUT2D eigenvalue weighted by Crippen LogP contribution is -2.31. The zero-order valence-corrected chi connectivity index (χ0v) is 10.9. The van der Waals surface area contributed by atoms with E-state index in [1.54, 1.807) is 14.2 Å². The smallest absolute Gasteiger partial charge is 0.304 e. The molecule has 0 saturated heterocycles. The molecule has 0 spiro atoms. The van der Waals surface area contributed by atoms with E-state index in [0.717, 1.165) is 12.1 Å². The molecule has 0 aliphatic carbocycles. The van der Waals surface area contributed by atoms with E-state index in [1.807, 2.05) is 0 Å². The van der Waals surface area contributed by atoms with Crippen LogP contribution in [0.15, 0.2) is 18.2 Å². The van der Waals surface area contributed by atoms with Gasteiger partial charge >= 0.3 is 5.69 Å². The molecule has 0 radical (unpaired) electrons. The van der Waals surface area contributed by atoms with Crippen LogP contribution in [0.4, 0.5) is 10.1 Å². The van der Waals surface area contributed by atoms with Gasteiger partial charge in [-0.2, -0.15) is 4.39 Å². The lowest BCUT2D eigenvalue weighted by atomic mass is 10.2. The van der Waals surface area contributed by atoms with Crippen LogP contribution in [0.2, 0.25) is 0 Å². The van der Waals surface area contributed by atoms with E-state index in [-0.39, 0.29) is 6.10 Å². The third-order valence-corrected chi connectivity index (χ3v) is 2.60. The minimum absolute atomic E-state index is 0.0899. The van der Waals surface area contributed by atoms with Crippen molar-refractivity contribution in [3.05, 3.63) is 39.7 Å². The van der Waals surface area contributed by atoms with Crippen molar-refractivity contribution in [1.82, 2.24) is 5.32 Å². The predicted octanol–water partition coefficient (Wildman–Crippen LogP) is 1.48. The topological polar surface area (TPSA) is 73.6 Å². The predicted molar refractivity (Wildman–Crippen MR) is 67.4 cm³/mol. The summed E-state index contributed by atoms with van der Waals surface area (Å²) in [5, 5.41) is 13.5. The molecule has 1 atom stereocenters. The Morgan fingerprint density at radius 1 is 1.47 bits per heavy atom. The van der Waals surface area contributed by atoms with Crippen molar-refractivity contribution in [2.24, 2.45) is 0 Å². The molecule has 0 heterocycles. The number of benzene rings is 1. The summed E-state index contributed by atoms with van der Waals surface area (Å²) in [6.07, 6.45) is -0.0899. The first-order chi connectivity index (χ1) is 9.08. The molecule has 106 valence electrons.